The van der Waals surface area contributed by atoms with Gasteiger partial charge in [-0.15, -0.1) is 0 Å². The molecule has 0 N–H and O–H groups in total. The van der Waals surface area contributed by atoms with Gasteiger partial charge in [0.05, 0.1) is 16.5 Å². The van der Waals surface area contributed by atoms with E-state index >= 15 is 0 Å². The smallest absolute Gasteiger partial charge is 0.450 e. The summed E-state index contributed by atoms with van der Waals surface area (Å²) in [7, 11) is 0. The van der Waals surface area contributed by atoms with Crippen molar-refractivity contribution >= 4 is 26.9 Å². The van der Waals surface area contributed by atoms with Gasteiger partial charge >= 0.3 is 6.18 Å². The van der Waals surface area contributed by atoms with Crippen LogP contribution in [0.3, 0.4) is 0 Å². The van der Waals surface area contributed by atoms with Crippen LogP contribution < -0.4 is 10.2 Å². The summed E-state index contributed by atoms with van der Waals surface area (Å²) >= 11 is 3.25. The Morgan fingerprint density at radius 3 is 2.41 bits per heavy atom. The normalized spacial score (nSPS) is 14.9. The highest BCUT2D eigenvalue weighted by atomic mass is 79.9. The molecule has 0 bridgehead atoms. The minimum atomic E-state index is -4.83. The topological polar surface area (TPSA) is 42.7 Å². The molecule has 0 saturated heterocycles. The molecule has 0 radical (unpaired) electrons. The fraction of sp³-hybridized carbons (Fsp3) is 0.286. The lowest BCUT2D eigenvalue weighted by molar-refractivity contribution is -0.152. The number of benzene rings is 2. The van der Waals surface area contributed by atoms with Crippen molar-refractivity contribution in [1.82, 2.24) is 4.90 Å². The summed E-state index contributed by atoms with van der Waals surface area (Å²) in [6.07, 6.45) is -4.83. The van der Waals surface area contributed by atoms with Gasteiger partial charge in [0.2, 0.25) is 11.2 Å². The molecule has 4 rings (SSSR count). The average molecular weight is 468 g/mol. The van der Waals surface area contributed by atoms with Gasteiger partial charge in [-0.1, -0.05) is 28.1 Å². The number of fused-ring (bicyclic) bond motifs is 3. The molecule has 0 amide bonds. The third-order valence-corrected chi connectivity index (χ3v) is 5.52. The molecule has 0 fully saturated rings. The Kier molecular flexibility index (Phi) is 4.94. The molecule has 0 atom stereocenters. The first kappa shape index (κ1) is 20.0. The molecule has 2 heterocycles. The van der Waals surface area contributed by atoms with Gasteiger partial charge in [-0.05, 0) is 43.7 Å². The summed E-state index contributed by atoms with van der Waals surface area (Å²) in [5.74, 6) is -0.866. The number of nitrogens with zero attached hydrogens (tertiary/aromatic N) is 1. The van der Waals surface area contributed by atoms with E-state index in [4.69, 9.17) is 9.15 Å². The zero-order valence-electron chi connectivity index (χ0n) is 15.6. The van der Waals surface area contributed by atoms with E-state index in [1.165, 1.54) is 18.2 Å². The van der Waals surface area contributed by atoms with Crippen LogP contribution >= 0.6 is 15.9 Å². The Bertz CT molecular complexity index is 1140. The summed E-state index contributed by atoms with van der Waals surface area (Å²) in [6, 6.07) is 9.28. The van der Waals surface area contributed by atoms with E-state index in [0.717, 1.165) is 0 Å². The number of hydrogen-bond acceptors (Lipinski definition) is 4. The van der Waals surface area contributed by atoms with Crippen molar-refractivity contribution in [3.8, 4) is 16.9 Å². The molecule has 0 spiro atoms. The maximum atomic E-state index is 13.9. The third kappa shape index (κ3) is 3.55. The lowest BCUT2D eigenvalue weighted by Crippen LogP contribution is -2.37. The molecule has 1 aromatic heterocycles. The summed E-state index contributed by atoms with van der Waals surface area (Å²) in [5, 5.41) is 0.101. The van der Waals surface area contributed by atoms with Crippen LogP contribution in [0.2, 0.25) is 0 Å². The molecule has 29 heavy (non-hydrogen) atoms. The predicted molar refractivity (Wildman–Crippen MR) is 107 cm³/mol. The van der Waals surface area contributed by atoms with Gasteiger partial charge in [-0.2, -0.15) is 13.2 Å². The maximum Gasteiger partial charge on any atom is 0.450 e. The van der Waals surface area contributed by atoms with E-state index in [2.05, 4.69) is 15.9 Å². The molecule has 8 heteroatoms. The number of rotatable bonds is 2. The molecule has 0 aliphatic carbocycles. The van der Waals surface area contributed by atoms with Crippen LogP contribution in [0, 0.1) is 0 Å². The molecule has 0 saturated carbocycles. The SMILES string of the molecule is CC(C)N1COc2ccc3c(=O)c(-c4ccc(Br)cc4)c(C(F)(F)F)oc3c2C1. The molecular formula is C21H17BrF3NO3. The van der Waals surface area contributed by atoms with Gasteiger partial charge in [0, 0.05) is 17.1 Å². The van der Waals surface area contributed by atoms with Gasteiger partial charge in [0.1, 0.15) is 18.1 Å². The summed E-state index contributed by atoms with van der Waals surface area (Å²) < 4.78 is 53.4. The number of hydrogen-bond donors (Lipinski definition) is 0. The number of alkyl halides is 3. The molecule has 152 valence electrons. The highest BCUT2D eigenvalue weighted by Crippen LogP contribution is 2.40. The first-order chi connectivity index (χ1) is 13.7. The Morgan fingerprint density at radius 1 is 1.10 bits per heavy atom. The number of halogens is 4. The molecule has 2 aromatic carbocycles. The minimum Gasteiger partial charge on any atom is -0.478 e. The standard InChI is InChI=1S/C21H17BrF3NO3/c1-11(2)26-9-15-16(28-10-26)8-7-14-18(27)17(12-3-5-13(22)6-4-12)20(21(23,24)25)29-19(14)15/h3-8,11H,9-10H2,1-2H3. The van der Waals surface area contributed by atoms with Crippen molar-refractivity contribution in [3.05, 3.63) is 62.4 Å². The van der Waals surface area contributed by atoms with Crippen LogP contribution in [0.1, 0.15) is 25.2 Å². The van der Waals surface area contributed by atoms with Crippen molar-refractivity contribution in [1.29, 1.82) is 0 Å². The zero-order valence-corrected chi connectivity index (χ0v) is 17.2. The van der Waals surface area contributed by atoms with Crippen LogP contribution in [-0.4, -0.2) is 17.7 Å². The van der Waals surface area contributed by atoms with Gasteiger partial charge < -0.3 is 9.15 Å². The highest BCUT2D eigenvalue weighted by Gasteiger charge is 2.40. The second kappa shape index (κ2) is 7.18. The van der Waals surface area contributed by atoms with Crippen LogP contribution in [0.15, 0.2) is 50.1 Å². The van der Waals surface area contributed by atoms with Crippen molar-refractivity contribution in [2.45, 2.75) is 32.6 Å². The van der Waals surface area contributed by atoms with E-state index in [0.29, 0.717) is 29.1 Å². The second-order valence-corrected chi connectivity index (χ2v) is 8.09. The molecule has 1 aliphatic heterocycles. The fourth-order valence-corrected chi connectivity index (χ4v) is 3.66. The van der Waals surface area contributed by atoms with Crippen LogP contribution in [0.25, 0.3) is 22.1 Å². The second-order valence-electron chi connectivity index (χ2n) is 7.17. The highest BCUT2D eigenvalue weighted by molar-refractivity contribution is 9.10. The minimum absolute atomic E-state index is 0.0777. The van der Waals surface area contributed by atoms with Crippen molar-refractivity contribution in [2.24, 2.45) is 0 Å². The van der Waals surface area contributed by atoms with E-state index in [1.807, 2.05) is 18.7 Å². The fourth-order valence-electron chi connectivity index (χ4n) is 3.39. The summed E-state index contributed by atoms with van der Waals surface area (Å²) in [6.45, 7) is 4.58. The summed E-state index contributed by atoms with van der Waals surface area (Å²) in [5.41, 5.74) is -0.687. The maximum absolute atomic E-state index is 13.9. The lowest BCUT2D eigenvalue weighted by Gasteiger charge is -2.32. The van der Waals surface area contributed by atoms with Crippen LogP contribution in [0.4, 0.5) is 13.2 Å². The lowest BCUT2D eigenvalue weighted by atomic mass is 9.99. The van der Waals surface area contributed by atoms with E-state index in [-0.39, 0.29) is 22.6 Å². The van der Waals surface area contributed by atoms with E-state index in [9.17, 15) is 18.0 Å². The molecule has 3 aromatic rings. The Morgan fingerprint density at radius 2 is 1.79 bits per heavy atom. The van der Waals surface area contributed by atoms with Gasteiger partial charge in [-0.25, -0.2) is 0 Å². The molecular weight excluding hydrogens is 451 g/mol. The third-order valence-electron chi connectivity index (χ3n) is 4.99. The molecule has 0 unspecified atom stereocenters. The first-order valence-corrected chi connectivity index (χ1v) is 9.79. The van der Waals surface area contributed by atoms with Gasteiger partial charge in [0.15, 0.2) is 0 Å². The Balaban J connectivity index is 2.03. The number of ether oxygens (including phenoxy) is 1. The summed E-state index contributed by atoms with van der Waals surface area (Å²) in [4.78, 5) is 15.1. The Hall–Kier alpha value is -2.32. The van der Waals surface area contributed by atoms with E-state index in [1.54, 1.807) is 18.2 Å². The quantitative estimate of drug-likeness (QED) is 0.477. The van der Waals surface area contributed by atoms with Crippen molar-refractivity contribution < 1.29 is 22.3 Å². The van der Waals surface area contributed by atoms with Crippen LogP contribution in [0.5, 0.6) is 5.75 Å². The first-order valence-electron chi connectivity index (χ1n) is 8.99. The Labute approximate surface area is 173 Å². The van der Waals surface area contributed by atoms with Crippen molar-refractivity contribution in [3.63, 3.8) is 0 Å². The zero-order chi connectivity index (χ0) is 20.9. The largest absolute Gasteiger partial charge is 0.478 e. The average Bonchev–Trinajstić information content (AvgIpc) is 2.67. The van der Waals surface area contributed by atoms with E-state index < -0.39 is 22.9 Å². The molecule has 1 aliphatic rings. The van der Waals surface area contributed by atoms with Crippen LogP contribution in [-0.2, 0) is 12.7 Å². The predicted octanol–water partition coefficient (Wildman–Crippen LogP) is 5.80. The monoisotopic (exact) mass is 467 g/mol. The van der Waals surface area contributed by atoms with Crippen molar-refractivity contribution in [2.75, 3.05) is 6.73 Å². The van der Waals surface area contributed by atoms with Gasteiger partial charge in [0.25, 0.3) is 0 Å². The molecule has 4 nitrogen and oxygen atoms in total. The van der Waals surface area contributed by atoms with Gasteiger partial charge in [-0.3, -0.25) is 9.69 Å².